The molecule has 2 N–H and O–H groups in total. The summed E-state index contributed by atoms with van der Waals surface area (Å²) in [6, 6.07) is 5.61. The second kappa shape index (κ2) is 9.13. The van der Waals surface area contributed by atoms with Crippen LogP contribution in [-0.2, 0) is 4.79 Å². The summed E-state index contributed by atoms with van der Waals surface area (Å²) in [5, 5.41) is 6.03. The number of carbonyl (C=O) groups excluding carboxylic acids is 2. The molecule has 0 saturated carbocycles. The Kier molecular flexibility index (Phi) is 6.35. The van der Waals surface area contributed by atoms with E-state index in [1.807, 2.05) is 18.2 Å². The molecular weight excluding hydrogens is 366 g/mol. The second-order valence-electron chi connectivity index (χ2n) is 8.31. The van der Waals surface area contributed by atoms with E-state index in [9.17, 15) is 9.59 Å². The summed E-state index contributed by atoms with van der Waals surface area (Å²) < 4.78 is 0. The van der Waals surface area contributed by atoms with E-state index in [1.165, 1.54) is 0 Å². The number of hydrogen-bond donors (Lipinski definition) is 2. The molecule has 2 fully saturated rings. The zero-order valence-electron chi connectivity index (χ0n) is 17.5. The summed E-state index contributed by atoms with van der Waals surface area (Å²) in [6.07, 6.45) is 4.06. The molecule has 3 heterocycles. The SMILES string of the molecule is CCN1CCN(CCCNC(=O)c2ccc3c(c2)NC(=O)[C@@H]2CCCCN32)CC1. The Labute approximate surface area is 173 Å². The van der Waals surface area contributed by atoms with E-state index in [0.29, 0.717) is 12.1 Å². The molecule has 0 radical (unpaired) electrons. The van der Waals surface area contributed by atoms with Crippen molar-refractivity contribution in [3.05, 3.63) is 23.8 Å². The Morgan fingerprint density at radius 2 is 1.93 bits per heavy atom. The lowest BCUT2D eigenvalue weighted by Crippen LogP contribution is -2.50. The van der Waals surface area contributed by atoms with Crippen LogP contribution in [0.4, 0.5) is 11.4 Å². The van der Waals surface area contributed by atoms with Gasteiger partial charge in [-0.25, -0.2) is 0 Å². The highest BCUT2D eigenvalue weighted by Crippen LogP contribution is 2.36. The maximum Gasteiger partial charge on any atom is 0.251 e. The largest absolute Gasteiger partial charge is 0.358 e. The smallest absolute Gasteiger partial charge is 0.251 e. The molecule has 0 aliphatic carbocycles. The number of carbonyl (C=O) groups is 2. The Hall–Kier alpha value is -2.12. The van der Waals surface area contributed by atoms with Crippen LogP contribution in [0.25, 0.3) is 0 Å². The number of anilines is 2. The van der Waals surface area contributed by atoms with Crippen LogP contribution < -0.4 is 15.5 Å². The number of rotatable bonds is 6. The van der Waals surface area contributed by atoms with Gasteiger partial charge in [0.05, 0.1) is 11.4 Å². The highest BCUT2D eigenvalue weighted by atomic mass is 16.2. The third-order valence-electron chi connectivity index (χ3n) is 6.48. The van der Waals surface area contributed by atoms with Gasteiger partial charge in [0, 0.05) is 44.8 Å². The van der Waals surface area contributed by atoms with Crippen molar-refractivity contribution in [1.29, 1.82) is 0 Å². The molecule has 3 aliphatic rings. The van der Waals surface area contributed by atoms with E-state index in [1.54, 1.807) is 0 Å². The molecule has 4 rings (SSSR count). The summed E-state index contributed by atoms with van der Waals surface area (Å²) in [4.78, 5) is 32.1. The number of amides is 2. The molecule has 0 spiro atoms. The highest BCUT2D eigenvalue weighted by molar-refractivity contribution is 6.05. The molecule has 3 aliphatic heterocycles. The van der Waals surface area contributed by atoms with E-state index in [4.69, 9.17) is 0 Å². The fourth-order valence-electron chi connectivity index (χ4n) is 4.67. The fraction of sp³-hybridized carbons (Fsp3) is 0.636. The number of fused-ring (bicyclic) bond motifs is 3. The third-order valence-corrected chi connectivity index (χ3v) is 6.48. The molecule has 7 nitrogen and oxygen atoms in total. The van der Waals surface area contributed by atoms with Gasteiger partial charge in [-0.2, -0.15) is 0 Å². The molecule has 0 unspecified atom stereocenters. The van der Waals surface area contributed by atoms with Gasteiger partial charge in [0.1, 0.15) is 6.04 Å². The standard InChI is InChI=1S/C22H33N5O2/c1-2-25-12-14-26(15-13-25)10-5-9-23-21(28)17-7-8-19-18(16-17)24-22(29)20-6-3-4-11-27(19)20/h7-8,16,20H,2-6,9-15H2,1H3,(H,23,28)(H,24,29)/t20-/m0/s1. The lowest BCUT2D eigenvalue weighted by molar-refractivity contribution is -0.118. The molecule has 0 aromatic heterocycles. The average molecular weight is 400 g/mol. The fourth-order valence-corrected chi connectivity index (χ4v) is 4.67. The van der Waals surface area contributed by atoms with Crippen LogP contribution >= 0.6 is 0 Å². The van der Waals surface area contributed by atoms with E-state index < -0.39 is 0 Å². The summed E-state index contributed by atoms with van der Waals surface area (Å²) in [6.45, 7) is 10.4. The highest BCUT2D eigenvalue weighted by Gasteiger charge is 2.34. The third kappa shape index (κ3) is 4.56. The minimum absolute atomic E-state index is 0.0536. The first-order valence-electron chi connectivity index (χ1n) is 11.1. The molecule has 0 bridgehead atoms. The van der Waals surface area contributed by atoms with Gasteiger partial charge in [0.25, 0.3) is 5.91 Å². The van der Waals surface area contributed by atoms with Gasteiger partial charge in [0.2, 0.25) is 5.91 Å². The van der Waals surface area contributed by atoms with Crippen molar-refractivity contribution in [2.45, 2.75) is 38.6 Å². The summed E-state index contributed by atoms with van der Waals surface area (Å²) in [5.74, 6) is -0.0171. The Bertz CT molecular complexity index is 745. The van der Waals surface area contributed by atoms with Crippen LogP contribution in [-0.4, -0.2) is 80.0 Å². The van der Waals surface area contributed by atoms with Crippen molar-refractivity contribution < 1.29 is 9.59 Å². The molecule has 29 heavy (non-hydrogen) atoms. The van der Waals surface area contributed by atoms with Crippen molar-refractivity contribution in [2.24, 2.45) is 0 Å². The van der Waals surface area contributed by atoms with E-state index >= 15 is 0 Å². The topological polar surface area (TPSA) is 67.9 Å². The van der Waals surface area contributed by atoms with Gasteiger partial charge >= 0.3 is 0 Å². The number of piperidine rings is 1. The lowest BCUT2D eigenvalue weighted by Gasteiger charge is -2.41. The first-order valence-corrected chi connectivity index (χ1v) is 11.1. The van der Waals surface area contributed by atoms with Crippen LogP contribution in [0, 0.1) is 0 Å². The van der Waals surface area contributed by atoms with Gasteiger partial charge in [-0.1, -0.05) is 6.92 Å². The molecule has 2 saturated heterocycles. The average Bonchev–Trinajstić information content (AvgIpc) is 2.77. The molecule has 1 atom stereocenters. The first-order chi connectivity index (χ1) is 14.2. The minimum Gasteiger partial charge on any atom is -0.358 e. The zero-order valence-corrected chi connectivity index (χ0v) is 17.5. The lowest BCUT2D eigenvalue weighted by atomic mass is 9.97. The van der Waals surface area contributed by atoms with Crippen molar-refractivity contribution in [2.75, 3.05) is 62.6 Å². The zero-order chi connectivity index (χ0) is 20.2. The van der Waals surface area contributed by atoms with Crippen molar-refractivity contribution in [3.63, 3.8) is 0 Å². The van der Waals surface area contributed by atoms with Gasteiger partial charge in [0.15, 0.2) is 0 Å². The Morgan fingerprint density at radius 3 is 2.72 bits per heavy atom. The number of nitrogens with zero attached hydrogens (tertiary/aromatic N) is 3. The summed E-state index contributed by atoms with van der Waals surface area (Å²) in [7, 11) is 0. The molecule has 2 amide bonds. The van der Waals surface area contributed by atoms with Crippen molar-refractivity contribution >= 4 is 23.2 Å². The molecule has 7 heteroatoms. The van der Waals surface area contributed by atoms with Gasteiger partial charge in [-0.3, -0.25) is 9.59 Å². The number of hydrogen-bond acceptors (Lipinski definition) is 5. The summed E-state index contributed by atoms with van der Waals surface area (Å²) in [5.41, 5.74) is 2.41. The second-order valence-corrected chi connectivity index (χ2v) is 8.31. The van der Waals surface area contributed by atoms with Crippen LogP contribution in [0.15, 0.2) is 18.2 Å². The normalized spacial score (nSPS) is 22.6. The first kappa shape index (κ1) is 20.2. The van der Waals surface area contributed by atoms with Gasteiger partial charge in [-0.05, 0) is 57.0 Å². The Morgan fingerprint density at radius 1 is 1.14 bits per heavy atom. The van der Waals surface area contributed by atoms with Crippen LogP contribution in [0.5, 0.6) is 0 Å². The number of likely N-dealkylation sites (N-methyl/N-ethyl adjacent to an activating group) is 1. The molecule has 1 aromatic carbocycles. The van der Waals surface area contributed by atoms with Crippen LogP contribution in [0.1, 0.15) is 43.0 Å². The van der Waals surface area contributed by atoms with E-state index in [-0.39, 0.29) is 17.9 Å². The minimum atomic E-state index is -0.0707. The van der Waals surface area contributed by atoms with Gasteiger partial charge in [-0.15, -0.1) is 0 Å². The predicted octanol–water partition coefficient (Wildman–Crippen LogP) is 1.75. The quantitative estimate of drug-likeness (QED) is 0.714. The maximum atomic E-state index is 12.6. The van der Waals surface area contributed by atoms with E-state index in [2.05, 4.69) is 32.3 Å². The molecular formula is C22H33N5O2. The number of benzene rings is 1. The Balaban J connectivity index is 1.28. The van der Waals surface area contributed by atoms with Crippen LogP contribution in [0.3, 0.4) is 0 Å². The van der Waals surface area contributed by atoms with Gasteiger partial charge < -0.3 is 25.3 Å². The van der Waals surface area contributed by atoms with Crippen molar-refractivity contribution in [3.8, 4) is 0 Å². The van der Waals surface area contributed by atoms with E-state index in [0.717, 1.165) is 82.9 Å². The monoisotopic (exact) mass is 399 g/mol. The predicted molar refractivity (Wildman–Crippen MR) is 116 cm³/mol. The number of piperazine rings is 1. The maximum absolute atomic E-state index is 12.6. The summed E-state index contributed by atoms with van der Waals surface area (Å²) >= 11 is 0. The molecule has 1 aromatic rings. The van der Waals surface area contributed by atoms with Crippen molar-refractivity contribution in [1.82, 2.24) is 15.1 Å². The number of nitrogens with one attached hydrogen (secondary N) is 2. The molecule has 158 valence electrons. The van der Waals surface area contributed by atoms with Crippen LogP contribution in [0.2, 0.25) is 0 Å².